The van der Waals surface area contributed by atoms with E-state index in [1.54, 1.807) is 0 Å². The first-order valence-corrected chi connectivity index (χ1v) is 6.97. The first-order valence-electron chi connectivity index (χ1n) is 6.59. The van der Waals surface area contributed by atoms with Gasteiger partial charge in [0.2, 0.25) is 0 Å². The predicted molar refractivity (Wildman–Crippen MR) is 72.7 cm³/mol. The van der Waals surface area contributed by atoms with Gasteiger partial charge in [0.1, 0.15) is 5.75 Å². The maximum atomic E-state index is 6.17. The van der Waals surface area contributed by atoms with E-state index >= 15 is 0 Å². The molecule has 1 aliphatic heterocycles. The summed E-state index contributed by atoms with van der Waals surface area (Å²) in [5.74, 6) is 8.18. The zero-order valence-corrected chi connectivity index (χ0v) is 11.3. The van der Waals surface area contributed by atoms with E-state index in [0.29, 0.717) is 12.0 Å². The van der Waals surface area contributed by atoms with Gasteiger partial charge < -0.3 is 4.74 Å². The molecular weight excluding hydrogens is 248 g/mol. The molecule has 98 valence electrons. The van der Waals surface area contributed by atoms with Crippen LogP contribution in [0.25, 0.3) is 0 Å². The molecular formula is C14H19ClN2O. The van der Waals surface area contributed by atoms with Crippen LogP contribution in [0.2, 0.25) is 5.02 Å². The average molecular weight is 267 g/mol. The van der Waals surface area contributed by atoms with Crippen molar-refractivity contribution >= 4 is 11.6 Å². The second-order valence-electron chi connectivity index (χ2n) is 5.51. The van der Waals surface area contributed by atoms with Gasteiger partial charge in [0.05, 0.1) is 6.61 Å². The minimum Gasteiger partial charge on any atom is -0.493 e. The molecule has 3 rings (SSSR count). The van der Waals surface area contributed by atoms with Crippen molar-refractivity contribution in [3.8, 4) is 5.75 Å². The van der Waals surface area contributed by atoms with Crippen LogP contribution in [0.5, 0.6) is 5.75 Å². The van der Waals surface area contributed by atoms with E-state index in [4.69, 9.17) is 22.2 Å². The minimum absolute atomic E-state index is 0.326. The molecule has 3 atom stereocenters. The number of rotatable bonds is 4. The van der Waals surface area contributed by atoms with E-state index in [1.165, 1.54) is 17.5 Å². The van der Waals surface area contributed by atoms with Crippen LogP contribution >= 0.6 is 11.6 Å². The first kappa shape index (κ1) is 12.3. The highest BCUT2D eigenvalue weighted by Crippen LogP contribution is 2.42. The lowest BCUT2D eigenvalue weighted by atomic mass is 9.98. The number of halogens is 1. The quantitative estimate of drug-likeness (QED) is 0.649. The number of benzene rings is 1. The number of hydrogen-bond donors (Lipinski definition) is 2. The van der Waals surface area contributed by atoms with Gasteiger partial charge in [-0.15, -0.1) is 0 Å². The molecule has 1 aliphatic carbocycles. The Morgan fingerprint density at radius 1 is 1.56 bits per heavy atom. The molecule has 4 heteroatoms. The van der Waals surface area contributed by atoms with E-state index in [1.807, 2.05) is 12.1 Å². The fraction of sp³-hybridized carbons (Fsp3) is 0.571. The maximum absolute atomic E-state index is 6.17. The number of hydrogen-bond acceptors (Lipinski definition) is 3. The third-order valence-corrected chi connectivity index (χ3v) is 4.39. The zero-order chi connectivity index (χ0) is 12.7. The Kier molecular flexibility index (Phi) is 3.22. The molecule has 0 saturated heterocycles. The van der Waals surface area contributed by atoms with Gasteiger partial charge in [-0.2, -0.15) is 0 Å². The van der Waals surface area contributed by atoms with Crippen LogP contribution in [0.4, 0.5) is 0 Å². The SMILES string of the molecule is CC1CC1C(Cc1cc(Cl)cc2c1OCC2)NN. The van der Waals surface area contributed by atoms with E-state index in [9.17, 15) is 0 Å². The molecule has 0 aromatic heterocycles. The molecule has 3 nitrogen and oxygen atoms in total. The van der Waals surface area contributed by atoms with Crippen LogP contribution in [-0.2, 0) is 12.8 Å². The minimum atomic E-state index is 0.326. The number of fused-ring (bicyclic) bond motifs is 1. The number of nitrogens with one attached hydrogen (secondary N) is 1. The van der Waals surface area contributed by atoms with Crippen LogP contribution in [0.3, 0.4) is 0 Å². The fourth-order valence-electron chi connectivity index (χ4n) is 2.98. The summed E-state index contributed by atoms with van der Waals surface area (Å²) in [5.41, 5.74) is 5.38. The van der Waals surface area contributed by atoms with Crippen molar-refractivity contribution in [3.63, 3.8) is 0 Å². The summed E-state index contributed by atoms with van der Waals surface area (Å²) >= 11 is 6.17. The summed E-state index contributed by atoms with van der Waals surface area (Å²) in [6.07, 6.45) is 3.12. The van der Waals surface area contributed by atoms with Gasteiger partial charge in [-0.3, -0.25) is 11.3 Å². The molecule has 0 bridgehead atoms. The van der Waals surface area contributed by atoms with Crippen molar-refractivity contribution in [3.05, 3.63) is 28.3 Å². The molecule has 1 saturated carbocycles. The van der Waals surface area contributed by atoms with Gasteiger partial charge in [0, 0.05) is 17.5 Å². The van der Waals surface area contributed by atoms with Crippen LogP contribution in [0.15, 0.2) is 12.1 Å². The van der Waals surface area contributed by atoms with Crippen LogP contribution < -0.4 is 16.0 Å². The highest BCUT2D eigenvalue weighted by atomic mass is 35.5. The first-order chi connectivity index (χ1) is 8.69. The third-order valence-electron chi connectivity index (χ3n) is 4.17. The Labute approximate surface area is 113 Å². The van der Waals surface area contributed by atoms with Gasteiger partial charge in [0.25, 0.3) is 0 Å². The molecule has 18 heavy (non-hydrogen) atoms. The van der Waals surface area contributed by atoms with Gasteiger partial charge >= 0.3 is 0 Å². The number of hydrazine groups is 1. The van der Waals surface area contributed by atoms with Gasteiger partial charge in [0.15, 0.2) is 0 Å². The normalized spacial score (nSPS) is 26.6. The van der Waals surface area contributed by atoms with Gasteiger partial charge in [-0.1, -0.05) is 18.5 Å². The monoisotopic (exact) mass is 266 g/mol. The van der Waals surface area contributed by atoms with E-state index in [2.05, 4.69) is 12.3 Å². The summed E-state index contributed by atoms with van der Waals surface area (Å²) in [6.45, 7) is 3.04. The molecule has 1 heterocycles. The van der Waals surface area contributed by atoms with Crippen molar-refractivity contribution in [1.29, 1.82) is 0 Å². The number of ether oxygens (including phenoxy) is 1. The molecule has 3 N–H and O–H groups in total. The third kappa shape index (κ3) is 2.22. The Bertz CT molecular complexity index is 463. The Balaban J connectivity index is 1.83. The van der Waals surface area contributed by atoms with Crippen molar-refractivity contribution in [2.24, 2.45) is 17.7 Å². The molecule has 2 aliphatic rings. The lowest BCUT2D eigenvalue weighted by molar-refractivity contribution is 0.349. The molecule has 0 spiro atoms. The Hall–Kier alpha value is -0.770. The Morgan fingerprint density at radius 3 is 3.00 bits per heavy atom. The zero-order valence-electron chi connectivity index (χ0n) is 10.6. The van der Waals surface area contributed by atoms with Crippen LogP contribution in [0, 0.1) is 11.8 Å². The summed E-state index contributed by atoms with van der Waals surface area (Å²) in [5, 5.41) is 0.800. The van der Waals surface area contributed by atoms with Gasteiger partial charge in [-0.05, 0) is 47.9 Å². The van der Waals surface area contributed by atoms with Crippen molar-refractivity contribution in [2.75, 3.05) is 6.61 Å². The van der Waals surface area contributed by atoms with E-state index in [0.717, 1.165) is 36.1 Å². The van der Waals surface area contributed by atoms with Crippen molar-refractivity contribution in [1.82, 2.24) is 5.43 Å². The highest BCUT2D eigenvalue weighted by molar-refractivity contribution is 6.30. The lowest BCUT2D eigenvalue weighted by Crippen LogP contribution is -2.39. The van der Waals surface area contributed by atoms with Crippen molar-refractivity contribution < 1.29 is 4.74 Å². The van der Waals surface area contributed by atoms with Crippen LogP contribution in [0.1, 0.15) is 24.5 Å². The smallest absolute Gasteiger partial charge is 0.125 e. The Morgan fingerprint density at radius 2 is 2.33 bits per heavy atom. The van der Waals surface area contributed by atoms with E-state index < -0.39 is 0 Å². The second kappa shape index (κ2) is 4.72. The molecule has 1 fully saturated rings. The van der Waals surface area contributed by atoms with Crippen LogP contribution in [-0.4, -0.2) is 12.6 Å². The standard InChI is InChI=1S/C14H19ClN2O/c1-8-4-12(8)13(17-16)7-10-6-11(15)5-9-2-3-18-14(9)10/h5-6,8,12-13,17H,2-4,7,16H2,1H3. The summed E-state index contributed by atoms with van der Waals surface area (Å²) in [4.78, 5) is 0. The average Bonchev–Trinajstić information content (AvgIpc) is 2.88. The summed E-state index contributed by atoms with van der Waals surface area (Å²) in [7, 11) is 0. The molecule has 1 aromatic rings. The summed E-state index contributed by atoms with van der Waals surface area (Å²) < 4.78 is 5.73. The second-order valence-corrected chi connectivity index (χ2v) is 5.94. The molecule has 0 radical (unpaired) electrons. The topological polar surface area (TPSA) is 47.3 Å². The molecule has 3 unspecified atom stereocenters. The molecule has 1 aromatic carbocycles. The maximum Gasteiger partial charge on any atom is 0.125 e. The fourth-order valence-corrected chi connectivity index (χ4v) is 3.24. The molecule has 0 amide bonds. The number of nitrogens with two attached hydrogens (primary N) is 1. The highest BCUT2D eigenvalue weighted by Gasteiger charge is 2.39. The largest absolute Gasteiger partial charge is 0.493 e. The van der Waals surface area contributed by atoms with Gasteiger partial charge in [-0.25, -0.2) is 0 Å². The van der Waals surface area contributed by atoms with Crippen molar-refractivity contribution in [2.45, 2.75) is 32.2 Å². The lowest BCUT2D eigenvalue weighted by Gasteiger charge is -2.17. The van der Waals surface area contributed by atoms with E-state index in [-0.39, 0.29) is 0 Å². The predicted octanol–water partition coefficient (Wildman–Crippen LogP) is 2.31. The summed E-state index contributed by atoms with van der Waals surface area (Å²) in [6, 6.07) is 4.35.